The number of amides is 2. The SMILES string of the molecule is CC[C@H](C(=O)NC1CCCCC1)N(Cc1cccc(C)c1)C(=O)CN(c1ccc(I)cc1)S(C)(=O)=O. The number of hydrogen-bond donors (Lipinski definition) is 1. The monoisotopic (exact) mass is 625 g/mol. The van der Waals surface area contributed by atoms with Crippen LogP contribution in [0.5, 0.6) is 0 Å². The fourth-order valence-electron chi connectivity index (χ4n) is 4.69. The molecule has 196 valence electrons. The van der Waals surface area contributed by atoms with Gasteiger partial charge in [-0.3, -0.25) is 13.9 Å². The van der Waals surface area contributed by atoms with Gasteiger partial charge < -0.3 is 10.2 Å². The summed E-state index contributed by atoms with van der Waals surface area (Å²) in [7, 11) is -3.73. The molecular weight excluding hydrogens is 589 g/mol. The summed E-state index contributed by atoms with van der Waals surface area (Å²) in [5, 5.41) is 3.16. The Balaban J connectivity index is 1.90. The number of anilines is 1. The number of rotatable bonds is 10. The Labute approximate surface area is 228 Å². The number of aryl methyl sites for hydroxylation is 1. The average molecular weight is 626 g/mol. The molecule has 1 aliphatic rings. The van der Waals surface area contributed by atoms with E-state index >= 15 is 0 Å². The van der Waals surface area contributed by atoms with Crippen molar-refractivity contribution in [2.45, 2.75) is 71.0 Å². The molecule has 1 aliphatic carbocycles. The number of nitrogens with zero attached hydrogens (tertiary/aromatic N) is 2. The predicted molar refractivity (Wildman–Crippen MR) is 152 cm³/mol. The molecule has 7 nitrogen and oxygen atoms in total. The molecule has 0 bridgehead atoms. The summed E-state index contributed by atoms with van der Waals surface area (Å²) in [6.45, 7) is 3.71. The lowest BCUT2D eigenvalue weighted by molar-refractivity contribution is -0.140. The fourth-order valence-corrected chi connectivity index (χ4v) is 5.90. The number of hydrogen-bond acceptors (Lipinski definition) is 4. The fraction of sp³-hybridized carbons (Fsp3) is 0.481. The Morgan fingerprint density at radius 1 is 1.08 bits per heavy atom. The summed E-state index contributed by atoms with van der Waals surface area (Å²) < 4.78 is 27.4. The Bertz CT molecular complexity index is 1150. The third-order valence-corrected chi connectivity index (χ3v) is 8.43. The van der Waals surface area contributed by atoms with Crippen molar-refractivity contribution >= 4 is 50.1 Å². The van der Waals surface area contributed by atoms with Gasteiger partial charge in [-0.1, -0.05) is 56.0 Å². The quantitative estimate of drug-likeness (QED) is 0.391. The zero-order valence-corrected chi connectivity index (χ0v) is 24.2. The van der Waals surface area contributed by atoms with Crippen LogP contribution in [0.15, 0.2) is 48.5 Å². The second kappa shape index (κ2) is 12.9. The van der Waals surface area contributed by atoms with Gasteiger partial charge >= 0.3 is 0 Å². The van der Waals surface area contributed by atoms with E-state index in [1.165, 1.54) is 11.3 Å². The number of nitrogens with one attached hydrogen (secondary N) is 1. The number of benzene rings is 2. The minimum atomic E-state index is -3.73. The van der Waals surface area contributed by atoms with E-state index in [1.807, 2.05) is 38.1 Å². The molecule has 36 heavy (non-hydrogen) atoms. The normalized spacial score (nSPS) is 15.2. The van der Waals surface area contributed by atoms with Gasteiger partial charge in [0.05, 0.1) is 11.9 Å². The number of carbonyl (C=O) groups is 2. The number of sulfonamides is 1. The largest absolute Gasteiger partial charge is 0.352 e. The van der Waals surface area contributed by atoms with Crippen LogP contribution in [0.3, 0.4) is 0 Å². The molecule has 2 aromatic carbocycles. The maximum atomic E-state index is 13.8. The van der Waals surface area contributed by atoms with Crippen LogP contribution in [-0.4, -0.2) is 50.0 Å². The Kier molecular flexibility index (Phi) is 10.2. The first-order chi connectivity index (χ1) is 17.1. The van der Waals surface area contributed by atoms with Crippen LogP contribution in [-0.2, 0) is 26.2 Å². The molecule has 1 N–H and O–H groups in total. The Hall–Kier alpha value is -2.14. The minimum Gasteiger partial charge on any atom is -0.352 e. The molecule has 1 atom stereocenters. The van der Waals surface area contributed by atoms with E-state index in [0.29, 0.717) is 12.1 Å². The summed E-state index contributed by atoms with van der Waals surface area (Å²) in [5.74, 6) is -0.586. The minimum absolute atomic E-state index is 0.121. The van der Waals surface area contributed by atoms with Gasteiger partial charge in [0.1, 0.15) is 12.6 Å². The molecule has 0 radical (unpaired) electrons. The van der Waals surface area contributed by atoms with Crippen molar-refractivity contribution in [2.75, 3.05) is 17.1 Å². The van der Waals surface area contributed by atoms with Gasteiger partial charge in [0.15, 0.2) is 0 Å². The van der Waals surface area contributed by atoms with E-state index in [4.69, 9.17) is 0 Å². The molecule has 2 amide bonds. The van der Waals surface area contributed by atoms with Crippen molar-refractivity contribution in [2.24, 2.45) is 0 Å². The van der Waals surface area contributed by atoms with Crippen molar-refractivity contribution < 1.29 is 18.0 Å². The van der Waals surface area contributed by atoms with Crippen molar-refractivity contribution in [3.8, 4) is 0 Å². The topological polar surface area (TPSA) is 86.8 Å². The summed E-state index contributed by atoms with van der Waals surface area (Å²) in [6.07, 6.45) is 6.78. The zero-order chi connectivity index (χ0) is 26.3. The van der Waals surface area contributed by atoms with Gasteiger partial charge in [0.25, 0.3) is 0 Å². The molecule has 0 aliphatic heterocycles. The summed E-state index contributed by atoms with van der Waals surface area (Å²) in [6, 6.07) is 14.2. The van der Waals surface area contributed by atoms with Crippen LogP contribution in [0.25, 0.3) is 0 Å². The second-order valence-corrected chi connectivity index (χ2v) is 12.7. The molecule has 0 saturated heterocycles. The highest BCUT2D eigenvalue weighted by molar-refractivity contribution is 14.1. The maximum Gasteiger partial charge on any atom is 0.244 e. The van der Waals surface area contributed by atoms with Crippen LogP contribution in [0, 0.1) is 10.5 Å². The van der Waals surface area contributed by atoms with Gasteiger partial charge in [-0.2, -0.15) is 0 Å². The van der Waals surface area contributed by atoms with Crippen LogP contribution in [0.4, 0.5) is 5.69 Å². The second-order valence-electron chi connectivity index (χ2n) is 9.52. The molecular formula is C27H36IN3O4S. The van der Waals surface area contributed by atoms with Gasteiger partial charge in [0, 0.05) is 16.2 Å². The lowest BCUT2D eigenvalue weighted by Crippen LogP contribution is -2.53. The van der Waals surface area contributed by atoms with E-state index in [-0.39, 0.29) is 25.0 Å². The van der Waals surface area contributed by atoms with Gasteiger partial charge in [-0.25, -0.2) is 8.42 Å². The molecule has 3 rings (SSSR count). The molecule has 1 saturated carbocycles. The van der Waals surface area contributed by atoms with Gasteiger partial charge in [0.2, 0.25) is 21.8 Å². The Morgan fingerprint density at radius 2 is 1.75 bits per heavy atom. The predicted octanol–water partition coefficient (Wildman–Crippen LogP) is 4.62. The molecule has 0 unspecified atom stereocenters. The van der Waals surface area contributed by atoms with E-state index < -0.39 is 22.0 Å². The zero-order valence-electron chi connectivity index (χ0n) is 21.2. The number of carbonyl (C=O) groups excluding carboxylic acids is 2. The van der Waals surface area contributed by atoms with Crippen molar-refractivity contribution in [3.05, 3.63) is 63.2 Å². The Morgan fingerprint density at radius 3 is 2.33 bits per heavy atom. The highest BCUT2D eigenvalue weighted by Crippen LogP contribution is 2.22. The van der Waals surface area contributed by atoms with Crippen molar-refractivity contribution in [1.82, 2.24) is 10.2 Å². The standard InChI is InChI=1S/C27H36IN3O4S/c1-4-25(27(33)29-23-11-6-5-7-12-23)30(18-21-10-8-9-20(2)17-21)26(32)19-31(36(3,34)35)24-15-13-22(28)14-16-24/h8-10,13-17,23,25H,4-7,11-12,18-19H2,1-3H3,(H,29,33)/t25-/m1/s1. The third kappa shape index (κ3) is 7.93. The molecule has 1 fully saturated rings. The molecule has 2 aromatic rings. The maximum absolute atomic E-state index is 13.8. The molecule has 0 spiro atoms. The van der Waals surface area contributed by atoms with Crippen molar-refractivity contribution in [1.29, 1.82) is 0 Å². The molecule has 0 aromatic heterocycles. The van der Waals surface area contributed by atoms with Gasteiger partial charge in [-0.15, -0.1) is 0 Å². The first-order valence-corrected chi connectivity index (χ1v) is 15.4. The number of halogens is 1. The third-order valence-electron chi connectivity index (χ3n) is 6.57. The average Bonchev–Trinajstić information content (AvgIpc) is 2.83. The lowest BCUT2D eigenvalue weighted by atomic mass is 9.95. The highest BCUT2D eigenvalue weighted by atomic mass is 127. The smallest absolute Gasteiger partial charge is 0.244 e. The van der Waals surface area contributed by atoms with Gasteiger partial charge in [-0.05, 0) is 78.6 Å². The van der Waals surface area contributed by atoms with Crippen LogP contribution in [0.1, 0.15) is 56.6 Å². The summed E-state index contributed by atoms with van der Waals surface area (Å²) in [5.41, 5.74) is 2.37. The van der Waals surface area contributed by atoms with E-state index in [2.05, 4.69) is 27.9 Å². The van der Waals surface area contributed by atoms with Crippen LogP contribution < -0.4 is 9.62 Å². The lowest BCUT2D eigenvalue weighted by Gasteiger charge is -2.34. The van der Waals surface area contributed by atoms with E-state index in [1.54, 1.807) is 24.3 Å². The summed E-state index contributed by atoms with van der Waals surface area (Å²) >= 11 is 2.15. The van der Waals surface area contributed by atoms with E-state index in [9.17, 15) is 18.0 Å². The van der Waals surface area contributed by atoms with Crippen LogP contribution >= 0.6 is 22.6 Å². The van der Waals surface area contributed by atoms with Crippen LogP contribution in [0.2, 0.25) is 0 Å². The first kappa shape index (κ1) is 28.4. The highest BCUT2D eigenvalue weighted by Gasteiger charge is 2.32. The first-order valence-electron chi connectivity index (χ1n) is 12.5. The van der Waals surface area contributed by atoms with Crippen molar-refractivity contribution in [3.63, 3.8) is 0 Å². The van der Waals surface area contributed by atoms with E-state index in [0.717, 1.165) is 50.9 Å². The summed E-state index contributed by atoms with van der Waals surface area (Å²) in [4.78, 5) is 28.7. The molecule has 0 heterocycles. The molecule has 9 heteroatoms.